The molecule has 1 aliphatic rings. The average Bonchev–Trinajstić information content (AvgIpc) is 2.97. The predicted molar refractivity (Wildman–Crippen MR) is 101 cm³/mol. The molecule has 1 aliphatic heterocycles. The highest BCUT2D eigenvalue weighted by Gasteiger charge is 2.25. The van der Waals surface area contributed by atoms with Crippen molar-refractivity contribution in [1.29, 1.82) is 0 Å². The van der Waals surface area contributed by atoms with E-state index in [2.05, 4.69) is 10.6 Å². The third-order valence-electron chi connectivity index (χ3n) is 3.71. The summed E-state index contributed by atoms with van der Waals surface area (Å²) in [6.45, 7) is -0.525. The van der Waals surface area contributed by atoms with Crippen LogP contribution in [0.5, 0.6) is 0 Å². The minimum absolute atomic E-state index is 0.0474. The number of carboxylic acid groups (broad SMARTS) is 2. The zero-order valence-corrected chi connectivity index (χ0v) is 16.1. The molecule has 13 heteroatoms. The zero-order valence-electron chi connectivity index (χ0n) is 15.3. The SMILES string of the molecule is N[C@H](CCC(=O)N[C@@H](CSCCN1C(=O)C=CC1=O)C(=O)NCC(=O)O)C(=O)O. The van der Waals surface area contributed by atoms with Crippen LogP contribution in [0.1, 0.15) is 12.8 Å². The Labute approximate surface area is 169 Å². The molecule has 12 nitrogen and oxygen atoms in total. The van der Waals surface area contributed by atoms with Crippen molar-refractivity contribution in [3.05, 3.63) is 12.2 Å². The molecule has 6 N–H and O–H groups in total. The van der Waals surface area contributed by atoms with E-state index in [0.717, 1.165) is 17.1 Å². The lowest BCUT2D eigenvalue weighted by Crippen LogP contribution is -2.49. The monoisotopic (exact) mass is 430 g/mol. The first kappa shape index (κ1) is 24.1. The van der Waals surface area contributed by atoms with Crippen LogP contribution in [0.4, 0.5) is 0 Å². The first-order valence-corrected chi connectivity index (χ1v) is 9.65. The minimum Gasteiger partial charge on any atom is -0.480 e. The molecule has 29 heavy (non-hydrogen) atoms. The Balaban J connectivity index is 2.53. The van der Waals surface area contributed by atoms with E-state index < -0.39 is 54.2 Å². The van der Waals surface area contributed by atoms with Crippen molar-refractivity contribution in [3.8, 4) is 0 Å². The standard InChI is InChI=1S/C16H22N4O8S/c17-9(16(27)28)1-2-11(21)19-10(15(26)18-7-14(24)25)8-29-6-5-20-12(22)3-4-13(20)23/h3-4,9-10H,1-2,5-8,17H2,(H,18,26)(H,19,21)(H,24,25)(H,27,28)/t9-,10+/m1/s1. The number of rotatable bonds is 13. The molecule has 0 aromatic rings. The number of nitrogens with two attached hydrogens (primary N) is 1. The number of nitrogens with zero attached hydrogens (tertiary/aromatic N) is 1. The number of amides is 4. The molecular formula is C16H22N4O8S. The first-order valence-electron chi connectivity index (χ1n) is 8.50. The molecule has 2 atom stereocenters. The molecule has 0 spiro atoms. The summed E-state index contributed by atoms with van der Waals surface area (Å²) in [7, 11) is 0. The van der Waals surface area contributed by atoms with Gasteiger partial charge in [-0.2, -0.15) is 11.8 Å². The summed E-state index contributed by atoms with van der Waals surface area (Å²) < 4.78 is 0. The second-order valence-electron chi connectivity index (χ2n) is 5.95. The molecule has 1 rings (SSSR count). The smallest absolute Gasteiger partial charge is 0.322 e. The van der Waals surface area contributed by atoms with Gasteiger partial charge in [-0.1, -0.05) is 0 Å². The van der Waals surface area contributed by atoms with Crippen molar-refractivity contribution in [2.45, 2.75) is 24.9 Å². The van der Waals surface area contributed by atoms with Crippen LogP contribution < -0.4 is 16.4 Å². The van der Waals surface area contributed by atoms with E-state index in [-0.39, 0.29) is 25.1 Å². The third kappa shape index (κ3) is 8.74. The summed E-state index contributed by atoms with van der Waals surface area (Å²) >= 11 is 1.17. The molecule has 0 bridgehead atoms. The number of aliphatic carboxylic acids is 2. The number of carboxylic acids is 2. The maximum Gasteiger partial charge on any atom is 0.322 e. The second-order valence-corrected chi connectivity index (χ2v) is 7.10. The van der Waals surface area contributed by atoms with Crippen LogP contribution in [0.3, 0.4) is 0 Å². The summed E-state index contributed by atoms with van der Waals surface area (Å²) in [5, 5.41) is 21.9. The number of nitrogens with one attached hydrogen (secondary N) is 2. The number of hydrogen-bond acceptors (Lipinski definition) is 8. The number of imide groups is 1. The van der Waals surface area contributed by atoms with E-state index in [1.54, 1.807) is 0 Å². The van der Waals surface area contributed by atoms with Crippen LogP contribution in [0.15, 0.2) is 12.2 Å². The highest BCUT2D eigenvalue weighted by atomic mass is 32.2. The van der Waals surface area contributed by atoms with Crippen LogP contribution in [-0.2, 0) is 28.8 Å². The second kappa shape index (κ2) is 11.8. The van der Waals surface area contributed by atoms with Gasteiger partial charge in [-0.25, -0.2) is 0 Å². The summed E-state index contributed by atoms with van der Waals surface area (Å²) in [4.78, 5) is 69.4. The lowest BCUT2D eigenvalue weighted by atomic mass is 10.1. The largest absolute Gasteiger partial charge is 0.480 e. The van der Waals surface area contributed by atoms with Gasteiger partial charge in [0.25, 0.3) is 11.8 Å². The fourth-order valence-electron chi connectivity index (χ4n) is 2.15. The van der Waals surface area contributed by atoms with E-state index in [1.165, 1.54) is 11.8 Å². The first-order chi connectivity index (χ1) is 13.6. The molecular weight excluding hydrogens is 408 g/mol. The van der Waals surface area contributed by atoms with E-state index in [9.17, 15) is 28.8 Å². The van der Waals surface area contributed by atoms with E-state index in [4.69, 9.17) is 15.9 Å². The quantitative estimate of drug-likeness (QED) is 0.154. The van der Waals surface area contributed by atoms with Gasteiger partial charge in [0.15, 0.2) is 0 Å². The van der Waals surface area contributed by atoms with Crippen molar-refractivity contribution < 1.29 is 39.0 Å². The highest BCUT2D eigenvalue weighted by Crippen LogP contribution is 2.09. The Bertz CT molecular complexity index is 693. The van der Waals surface area contributed by atoms with Crippen LogP contribution >= 0.6 is 11.8 Å². The van der Waals surface area contributed by atoms with Gasteiger partial charge in [0.2, 0.25) is 11.8 Å². The molecule has 0 radical (unpaired) electrons. The zero-order chi connectivity index (χ0) is 22.0. The van der Waals surface area contributed by atoms with Gasteiger partial charge in [0, 0.05) is 36.6 Å². The van der Waals surface area contributed by atoms with E-state index >= 15 is 0 Å². The Morgan fingerprint density at radius 3 is 2.31 bits per heavy atom. The summed E-state index contributed by atoms with van der Waals surface area (Å²) in [5.41, 5.74) is 5.32. The maximum absolute atomic E-state index is 12.1. The van der Waals surface area contributed by atoms with E-state index in [1.807, 2.05) is 0 Å². The summed E-state index contributed by atoms with van der Waals surface area (Å²) in [5.74, 6) is -4.40. The normalized spacial score (nSPS) is 15.1. The summed E-state index contributed by atoms with van der Waals surface area (Å²) in [6, 6.07) is -2.31. The average molecular weight is 430 g/mol. The number of thioether (sulfide) groups is 1. The lowest BCUT2D eigenvalue weighted by Gasteiger charge is -2.19. The van der Waals surface area contributed by atoms with Crippen molar-refractivity contribution in [2.24, 2.45) is 5.73 Å². The molecule has 0 saturated heterocycles. The van der Waals surface area contributed by atoms with Gasteiger partial charge < -0.3 is 26.6 Å². The van der Waals surface area contributed by atoms with Crippen LogP contribution in [-0.4, -0.2) is 87.4 Å². The molecule has 0 aromatic carbocycles. The topological polar surface area (TPSA) is 196 Å². The van der Waals surface area contributed by atoms with Crippen molar-refractivity contribution in [3.63, 3.8) is 0 Å². The van der Waals surface area contributed by atoms with Crippen LogP contribution in [0, 0.1) is 0 Å². The van der Waals surface area contributed by atoms with E-state index in [0.29, 0.717) is 5.75 Å². The molecule has 1 heterocycles. The Hall–Kier alpha value is -2.93. The highest BCUT2D eigenvalue weighted by molar-refractivity contribution is 7.99. The molecule has 0 fully saturated rings. The molecule has 0 aliphatic carbocycles. The van der Waals surface area contributed by atoms with Gasteiger partial charge in [0.1, 0.15) is 18.6 Å². The van der Waals surface area contributed by atoms with Gasteiger partial charge in [-0.3, -0.25) is 33.7 Å². The van der Waals surface area contributed by atoms with Crippen molar-refractivity contribution >= 4 is 47.3 Å². The lowest BCUT2D eigenvalue weighted by molar-refractivity contribution is -0.139. The Morgan fingerprint density at radius 2 is 1.76 bits per heavy atom. The Morgan fingerprint density at radius 1 is 1.14 bits per heavy atom. The van der Waals surface area contributed by atoms with Crippen molar-refractivity contribution in [2.75, 3.05) is 24.6 Å². The molecule has 0 aromatic heterocycles. The van der Waals surface area contributed by atoms with Gasteiger partial charge in [-0.05, 0) is 6.42 Å². The van der Waals surface area contributed by atoms with Gasteiger partial charge >= 0.3 is 11.9 Å². The van der Waals surface area contributed by atoms with Crippen molar-refractivity contribution in [1.82, 2.24) is 15.5 Å². The van der Waals surface area contributed by atoms with Crippen LogP contribution in [0.25, 0.3) is 0 Å². The number of hydrogen-bond donors (Lipinski definition) is 5. The van der Waals surface area contributed by atoms with Gasteiger partial charge in [-0.15, -0.1) is 0 Å². The number of carbonyl (C=O) groups excluding carboxylic acids is 4. The van der Waals surface area contributed by atoms with Gasteiger partial charge in [0.05, 0.1) is 0 Å². The third-order valence-corrected chi connectivity index (χ3v) is 4.75. The van der Waals surface area contributed by atoms with Crippen LogP contribution in [0.2, 0.25) is 0 Å². The number of carbonyl (C=O) groups is 6. The molecule has 160 valence electrons. The summed E-state index contributed by atoms with van der Waals surface area (Å²) in [6.07, 6.45) is 1.93. The fourth-order valence-corrected chi connectivity index (χ4v) is 3.10. The molecule has 0 saturated carbocycles. The minimum atomic E-state index is -1.26. The predicted octanol–water partition coefficient (Wildman–Crippen LogP) is -2.48. The molecule has 0 unspecified atom stereocenters. The maximum atomic E-state index is 12.1. The molecule has 4 amide bonds. The Kier molecular flexibility index (Phi) is 9.82. The fraction of sp³-hybridized carbons (Fsp3) is 0.500.